The van der Waals surface area contributed by atoms with Gasteiger partial charge in [0.05, 0.1) is 60.6 Å². The van der Waals surface area contributed by atoms with Gasteiger partial charge in [0.15, 0.2) is 11.5 Å². The predicted molar refractivity (Wildman–Crippen MR) is 184 cm³/mol. The number of hydrogen-bond acceptors (Lipinski definition) is 10. The van der Waals surface area contributed by atoms with Crippen molar-refractivity contribution in [1.29, 1.82) is 0 Å². The van der Waals surface area contributed by atoms with E-state index < -0.39 is 41.1 Å². The van der Waals surface area contributed by atoms with E-state index in [4.69, 9.17) is 31.5 Å². The standard InChI is InChI=1S/C28H30ClF4N7O4.C7H12FN/c1-42-12-14-9-39(10-14)26(41)24-22(29)19-11-38(6-3-7-40(19)37-24)25-15-13-44-20(8-18(15)35-27(36-25)43-2)21-16(28(31,32)33)4-5-17(34)23(21)30;8-6-4-7-2-1-3-9(7)5-6/h4-5,14,20H,3,6-13,34H2,1-2H3;6-7H,1-5H2. The second-order valence-corrected chi connectivity index (χ2v) is 14.5. The number of anilines is 2. The highest BCUT2D eigenvalue weighted by Gasteiger charge is 2.41. The Kier molecular flexibility index (Phi) is 10.7. The summed E-state index contributed by atoms with van der Waals surface area (Å²) in [6, 6.07) is 2.24. The van der Waals surface area contributed by atoms with Crippen molar-refractivity contribution >= 4 is 29.0 Å². The first-order valence-electron chi connectivity index (χ1n) is 17.7. The summed E-state index contributed by atoms with van der Waals surface area (Å²) in [5.74, 6) is -0.710. The number of nitrogen functional groups attached to an aromatic ring is 1. The Morgan fingerprint density at radius 3 is 2.62 bits per heavy atom. The molecule has 5 aliphatic rings. The van der Waals surface area contributed by atoms with Gasteiger partial charge in [0.1, 0.15) is 12.0 Å². The normalized spacial score (nSPS) is 23.1. The van der Waals surface area contributed by atoms with Gasteiger partial charge in [0.2, 0.25) is 0 Å². The summed E-state index contributed by atoms with van der Waals surface area (Å²) in [7, 11) is 3.00. The molecule has 0 aliphatic carbocycles. The lowest BCUT2D eigenvalue weighted by Gasteiger charge is -2.38. The van der Waals surface area contributed by atoms with E-state index in [0.29, 0.717) is 74.6 Å². The Labute approximate surface area is 308 Å². The van der Waals surface area contributed by atoms with Crippen molar-refractivity contribution in [3.63, 3.8) is 0 Å². The van der Waals surface area contributed by atoms with Crippen molar-refractivity contribution in [1.82, 2.24) is 29.5 Å². The van der Waals surface area contributed by atoms with E-state index >= 15 is 4.39 Å². The van der Waals surface area contributed by atoms with Crippen LogP contribution in [0.2, 0.25) is 5.02 Å². The van der Waals surface area contributed by atoms with Gasteiger partial charge in [0, 0.05) is 69.3 Å². The maximum absolute atomic E-state index is 15.1. The molecule has 3 atom stereocenters. The van der Waals surface area contributed by atoms with Gasteiger partial charge in [-0.25, -0.2) is 8.78 Å². The van der Waals surface area contributed by atoms with E-state index in [1.54, 1.807) is 16.7 Å². The third-order valence-corrected chi connectivity index (χ3v) is 11.0. The molecule has 3 unspecified atom stereocenters. The molecule has 2 aromatic heterocycles. The van der Waals surface area contributed by atoms with Gasteiger partial charge < -0.3 is 29.7 Å². The van der Waals surface area contributed by atoms with Gasteiger partial charge in [-0.2, -0.15) is 28.2 Å². The first-order valence-corrected chi connectivity index (χ1v) is 18.1. The van der Waals surface area contributed by atoms with E-state index in [0.717, 1.165) is 25.1 Å². The number of nitrogens with two attached hydrogens (primary N) is 1. The molecule has 3 saturated heterocycles. The molecule has 2 N–H and O–H groups in total. The topological polar surface area (TPSA) is 124 Å². The number of nitrogens with zero attached hydrogens (tertiary/aromatic N) is 7. The molecular weight excluding hydrogens is 727 g/mol. The van der Waals surface area contributed by atoms with Crippen LogP contribution >= 0.6 is 11.6 Å². The van der Waals surface area contributed by atoms with Crippen molar-refractivity contribution in [2.24, 2.45) is 5.92 Å². The second kappa shape index (κ2) is 15.1. The van der Waals surface area contributed by atoms with Gasteiger partial charge in [0.25, 0.3) is 5.91 Å². The van der Waals surface area contributed by atoms with E-state index in [1.165, 1.54) is 20.0 Å². The monoisotopic (exact) mass is 768 g/mol. The molecule has 1 aromatic carbocycles. The van der Waals surface area contributed by atoms with Crippen LogP contribution in [-0.4, -0.2) is 101 Å². The first-order chi connectivity index (χ1) is 25.4. The smallest absolute Gasteiger partial charge is 0.416 e. The highest BCUT2D eigenvalue weighted by Crippen LogP contribution is 2.43. The summed E-state index contributed by atoms with van der Waals surface area (Å²) >= 11 is 6.75. The number of amides is 1. The van der Waals surface area contributed by atoms with Gasteiger partial charge >= 0.3 is 12.2 Å². The number of fused-ring (bicyclic) bond motifs is 3. The number of aromatic nitrogens is 4. The van der Waals surface area contributed by atoms with Gasteiger partial charge in [-0.05, 0) is 44.4 Å². The summed E-state index contributed by atoms with van der Waals surface area (Å²) in [6.45, 7) is 4.63. The number of alkyl halides is 4. The fourth-order valence-electron chi connectivity index (χ4n) is 7.99. The Balaban J connectivity index is 0.000000418. The molecule has 7 heterocycles. The van der Waals surface area contributed by atoms with Crippen LogP contribution in [0, 0.1) is 11.7 Å². The number of carbonyl (C=O) groups excluding carboxylic acids is 1. The molecule has 5 aliphatic heterocycles. The minimum atomic E-state index is -4.82. The van der Waals surface area contributed by atoms with Crippen LogP contribution in [0.25, 0.3) is 0 Å². The molecular formula is C35H42ClF5N8O4. The molecule has 288 valence electrons. The molecule has 53 heavy (non-hydrogen) atoms. The number of halogens is 6. The third-order valence-electron chi connectivity index (χ3n) is 10.6. The van der Waals surface area contributed by atoms with Crippen molar-refractivity contribution < 1.29 is 41.0 Å². The average molecular weight is 769 g/mol. The zero-order chi connectivity index (χ0) is 37.6. The van der Waals surface area contributed by atoms with Crippen molar-refractivity contribution in [2.75, 3.05) is 64.2 Å². The van der Waals surface area contributed by atoms with E-state index in [1.807, 2.05) is 4.90 Å². The molecule has 3 aromatic rings. The number of methoxy groups -OCH3 is 2. The Hall–Kier alpha value is -3.80. The molecule has 0 saturated carbocycles. The first kappa shape index (κ1) is 37.5. The SMILES string of the molecule is COCC1CN(C(=O)c2nn3c(c2Cl)CN(c2nc(OC)nc4c2COC(c2c(C(F)(F)F)ccc(N)c2F)C4)CCC3)C1.FC1CC2CCCN2C1. The molecule has 8 rings (SSSR count). The maximum Gasteiger partial charge on any atom is 0.416 e. The zero-order valence-corrected chi connectivity index (χ0v) is 30.2. The van der Waals surface area contributed by atoms with Gasteiger partial charge in [-0.15, -0.1) is 0 Å². The maximum atomic E-state index is 15.1. The molecule has 0 spiro atoms. The summed E-state index contributed by atoms with van der Waals surface area (Å²) < 4.78 is 87.2. The van der Waals surface area contributed by atoms with Gasteiger partial charge in [-0.1, -0.05) is 11.6 Å². The van der Waals surface area contributed by atoms with Crippen molar-refractivity contribution in [3.8, 4) is 6.01 Å². The lowest BCUT2D eigenvalue weighted by Crippen LogP contribution is -2.51. The summed E-state index contributed by atoms with van der Waals surface area (Å²) in [4.78, 5) is 28.0. The zero-order valence-electron chi connectivity index (χ0n) is 29.5. The van der Waals surface area contributed by atoms with Crippen LogP contribution in [0.15, 0.2) is 12.1 Å². The van der Waals surface area contributed by atoms with Crippen LogP contribution in [-0.2, 0) is 41.8 Å². The van der Waals surface area contributed by atoms with Crippen LogP contribution in [0.4, 0.5) is 33.5 Å². The number of likely N-dealkylation sites (tertiary alicyclic amines) is 1. The predicted octanol–water partition coefficient (Wildman–Crippen LogP) is 5.21. The lowest BCUT2D eigenvalue weighted by molar-refractivity contribution is -0.140. The Morgan fingerprint density at radius 2 is 1.91 bits per heavy atom. The largest absolute Gasteiger partial charge is 0.467 e. The van der Waals surface area contributed by atoms with E-state index in [9.17, 15) is 22.4 Å². The fraction of sp³-hybridized carbons (Fsp3) is 0.600. The third kappa shape index (κ3) is 7.49. The highest BCUT2D eigenvalue weighted by molar-refractivity contribution is 6.34. The molecule has 0 bridgehead atoms. The lowest BCUT2D eigenvalue weighted by atomic mass is 9.94. The van der Waals surface area contributed by atoms with Crippen LogP contribution in [0.1, 0.15) is 70.4 Å². The molecule has 3 fully saturated rings. The Morgan fingerprint density at radius 1 is 1.11 bits per heavy atom. The summed E-state index contributed by atoms with van der Waals surface area (Å²) in [6.07, 6.45) is -2.85. The molecule has 1 amide bonds. The van der Waals surface area contributed by atoms with Crippen molar-refractivity contribution in [3.05, 3.63) is 56.7 Å². The number of aryl methyl sites for hydroxylation is 1. The van der Waals surface area contributed by atoms with Crippen LogP contribution < -0.4 is 15.4 Å². The number of ether oxygens (including phenoxy) is 3. The Bertz CT molecular complexity index is 1830. The van der Waals surface area contributed by atoms with E-state index in [2.05, 4.69) is 20.0 Å². The number of benzene rings is 1. The highest BCUT2D eigenvalue weighted by atomic mass is 35.5. The number of carbonyl (C=O) groups is 1. The minimum absolute atomic E-state index is 0.00777. The average Bonchev–Trinajstić information content (AvgIpc) is 3.73. The number of hydrogen-bond donors (Lipinski definition) is 1. The molecule has 0 radical (unpaired) electrons. The summed E-state index contributed by atoms with van der Waals surface area (Å²) in [5.41, 5.74) is 5.09. The quantitative estimate of drug-likeness (QED) is 0.264. The van der Waals surface area contributed by atoms with Crippen molar-refractivity contribution in [2.45, 2.75) is 76.3 Å². The molecule has 12 nitrogen and oxygen atoms in total. The summed E-state index contributed by atoms with van der Waals surface area (Å²) in [5, 5.41) is 4.79. The van der Waals surface area contributed by atoms with E-state index in [-0.39, 0.29) is 48.1 Å². The fourth-order valence-corrected chi connectivity index (χ4v) is 8.27. The van der Waals surface area contributed by atoms with Crippen LogP contribution in [0.3, 0.4) is 0 Å². The second-order valence-electron chi connectivity index (χ2n) is 14.2. The van der Waals surface area contributed by atoms with Gasteiger partial charge in [-0.3, -0.25) is 14.4 Å². The minimum Gasteiger partial charge on any atom is -0.467 e. The van der Waals surface area contributed by atoms with Crippen LogP contribution in [0.5, 0.6) is 6.01 Å². The molecule has 18 heteroatoms. The number of rotatable bonds is 6.